The number of carbonyl (C=O) groups is 1. The van der Waals surface area contributed by atoms with Crippen LogP contribution in [0.15, 0.2) is 12.5 Å². The average molecular weight is 234 g/mol. The van der Waals surface area contributed by atoms with Crippen LogP contribution in [0.1, 0.15) is 34.8 Å². The van der Waals surface area contributed by atoms with Crippen molar-refractivity contribution in [1.82, 2.24) is 30.3 Å². The maximum Gasteiger partial charge on any atom is 0.255 e. The summed E-state index contributed by atoms with van der Waals surface area (Å²) in [5, 5.41) is 17.1. The molecule has 2 rings (SSSR count). The summed E-state index contributed by atoms with van der Waals surface area (Å²) in [5.74, 6) is 0.534. The third kappa shape index (κ3) is 2.17. The fraction of sp³-hybridized carbons (Fsp3) is 0.400. The molecule has 0 saturated heterocycles. The van der Waals surface area contributed by atoms with Crippen LogP contribution in [-0.2, 0) is 7.05 Å². The van der Waals surface area contributed by atoms with E-state index in [1.54, 1.807) is 17.8 Å². The van der Waals surface area contributed by atoms with Crippen LogP contribution in [0.4, 0.5) is 0 Å². The van der Waals surface area contributed by atoms with Crippen LogP contribution in [0.25, 0.3) is 0 Å². The van der Waals surface area contributed by atoms with Gasteiger partial charge in [0.1, 0.15) is 6.33 Å². The molecule has 2 N–H and O–H groups in total. The predicted molar refractivity (Wildman–Crippen MR) is 60.2 cm³/mol. The Balaban J connectivity index is 2.10. The molecule has 1 amide bonds. The van der Waals surface area contributed by atoms with Gasteiger partial charge in [-0.1, -0.05) is 0 Å². The Hall–Kier alpha value is -2.18. The number of nitrogens with one attached hydrogen (secondary N) is 2. The molecule has 7 heteroatoms. The molecular weight excluding hydrogens is 220 g/mol. The zero-order valence-corrected chi connectivity index (χ0v) is 9.93. The molecule has 2 aromatic rings. The van der Waals surface area contributed by atoms with Crippen molar-refractivity contribution >= 4 is 5.91 Å². The van der Waals surface area contributed by atoms with E-state index in [2.05, 4.69) is 25.7 Å². The van der Waals surface area contributed by atoms with Crippen molar-refractivity contribution in [3.63, 3.8) is 0 Å². The monoisotopic (exact) mass is 234 g/mol. The molecule has 2 aromatic heterocycles. The number of amides is 1. The fourth-order valence-electron chi connectivity index (χ4n) is 1.60. The Morgan fingerprint density at radius 1 is 1.59 bits per heavy atom. The molecule has 0 radical (unpaired) electrons. The minimum Gasteiger partial charge on any atom is -0.342 e. The third-order valence-electron chi connectivity index (χ3n) is 2.56. The summed E-state index contributed by atoms with van der Waals surface area (Å²) in [7, 11) is 1.83. The molecule has 0 saturated carbocycles. The molecular formula is C10H14N6O. The van der Waals surface area contributed by atoms with Crippen molar-refractivity contribution in [2.24, 2.45) is 7.05 Å². The smallest absolute Gasteiger partial charge is 0.255 e. The van der Waals surface area contributed by atoms with Crippen molar-refractivity contribution in [2.45, 2.75) is 19.9 Å². The number of carbonyl (C=O) groups excluding carboxylic acids is 1. The van der Waals surface area contributed by atoms with Gasteiger partial charge >= 0.3 is 0 Å². The van der Waals surface area contributed by atoms with E-state index in [0.717, 1.165) is 5.69 Å². The van der Waals surface area contributed by atoms with Crippen LogP contribution in [-0.4, -0.2) is 30.9 Å². The van der Waals surface area contributed by atoms with Gasteiger partial charge in [0.05, 0.1) is 17.8 Å². The first-order chi connectivity index (χ1) is 8.09. The molecule has 0 aliphatic rings. The highest BCUT2D eigenvalue weighted by Gasteiger charge is 2.17. The van der Waals surface area contributed by atoms with Gasteiger partial charge in [0.25, 0.3) is 5.91 Å². The first-order valence-corrected chi connectivity index (χ1v) is 5.24. The normalized spacial score (nSPS) is 12.4. The summed E-state index contributed by atoms with van der Waals surface area (Å²) in [4.78, 5) is 11.9. The molecule has 7 nitrogen and oxygen atoms in total. The van der Waals surface area contributed by atoms with E-state index in [-0.39, 0.29) is 11.9 Å². The Morgan fingerprint density at radius 2 is 2.35 bits per heavy atom. The number of aromatic nitrogens is 5. The van der Waals surface area contributed by atoms with Crippen molar-refractivity contribution in [1.29, 1.82) is 0 Å². The van der Waals surface area contributed by atoms with Gasteiger partial charge in [0.15, 0.2) is 5.82 Å². The molecule has 1 unspecified atom stereocenters. The zero-order chi connectivity index (χ0) is 12.4. The third-order valence-corrected chi connectivity index (χ3v) is 2.56. The van der Waals surface area contributed by atoms with Crippen LogP contribution in [0.2, 0.25) is 0 Å². The second kappa shape index (κ2) is 4.36. The van der Waals surface area contributed by atoms with E-state index >= 15 is 0 Å². The first-order valence-electron chi connectivity index (χ1n) is 5.24. The SMILES string of the molecule is Cc1[nH]ncc1C(=O)NC(C)c1nncn1C. The Labute approximate surface area is 98.2 Å². The van der Waals surface area contributed by atoms with Gasteiger partial charge in [-0.25, -0.2) is 0 Å². The minimum atomic E-state index is -0.204. The van der Waals surface area contributed by atoms with Crippen molar-refractivity contribution in [3.05, 3.63) is 29.6 Å². The van der Waals surface area contributed by atoms with Crippen molar-refractivity contribution in [2.75, 3.05) is 0 Å². The summed E-state index contributed by atoms with van der Waals surface area (Å²) in [6, 6.07) is -0.204. The maximum atomic E-state index is 11.9. The second-order valence-electron chi connectivity index (χ2n) is 3.90. The summed E-state index contributed by atoms with van der Waals surface area (Å²) in [6.45, 7) is 3.66. The molecule has 0 bridgehead atoms. The fourth-order valence-corrected chi connectivity index (χ4v) is 1.60. The first kappa shape index (κ1) is 11.3. The van der Waals surface area contributed by atoms with E-state index in [0.29, 0.717) is 11.4 Å². The highest BCUT2D eigenvalue weighted by Crippen LogP contribution is 2.10. The van der Waals surface area contributed by atoms with Gasteiger partial charge in [-0.2, -0.15) is 5.10 Å². The van der Waals surface area contributed by atoms with Gasteiger partial charge in [-0.05, 0) is 13.8 Å². The summed E-state index contributed by atoms with van der Waals surface area (Å²) >= 11 is 0. The van der Waals surface area contributed by atoms with E-state index in [4.69, 9.17) is 0 Å². The largest absolute Gasteiger partial charge is 0.342 e. The Bertz CT molecular complexity index is 528. The molecule has 90 valence electrons. The van der Waals surface area contributed by atoms with Crippen LogP contribution >= 0.6 is 0 Å². The van der Waals surface area contributed by atoms with E-state index < -0.39 is 0 Å². The number of rotatable bonds is 3. The molecule has 0 aliphatic heterocycles. The van der Waals surface area contributed by atoms with Gasteiger partial charge in [0, 0.05) is 12.7 Å². The molecule has 17 heavy (non-hydrogen) atoms. The van der Waals surface area contributed by atoms with E-state index in [1.165, 1.54) is 6.20 Å². The lowest BCUT2D eigenvalue weighted by atomic mass is 10.2. The quantitative estimate of drug-likeness (QED) is 0.801. The highest BCUT2D eigenvalue weighted by atomic mass is 16.1. The summed E-state index contributed by atoms with van der Waals surface area (Å²) in [5.41, 5.74) is 1.28. The minimum absolute atomic E-state index is 0.174. The Morgan fingerprint density at radius 3 is 2.88 bits per heavy atom. The molecule has 0 aliphatic carbocycles. The number of aromatic amines is 1. The summed E-state index contributed by atoms with van der Waals surface area (Å²) in [6.07, 6.45) is 3.11. The second-order valence-corrected chi connectivity index (χ2v) is 3.90. The lowest BCUT2D eigenvalue weighted by molar-refractivity contribution is 0.0937. The summed E-state index contributed by atoms with van der Waals surface area (Å²) < 4.78 is 1.77. The molecule has 2 heterocycles. The maximum absolute atomic E-state index is 11.9. The molecule has 0 spiro atoms. The lowest BCUT2D eigenvalue weighted by Crippen LogP contribution is -2.28. The molecule has 0 aromatic carbocycles. The van der Waals surface area contributed by atoms with Gasteiger partial charge in [-0.15, -0.1) is 10.2 Å². The van der Waals surface area contributed by atoms with Crippen molar-refractivity contribution in [3.8, 4) is 0 Å². The highest BCUT2D eigenvalue weighted by molar-refractivity contribution is 5.95. The van der Waals surface area contributed by atoms with Crippen LogP contribution in [0.5, 0.6) is 0 Å². The molecule has 1 atom stereocenters. The van der Waals surface area contributed by atoms with E-state index in [1.807, 2.05) is 14.0 Å². The van der Waals surface area contributed by atoms with E-state index in [9.17, 15) is 4.79 Å². The van der Waals surface area contributed by atoms with Crippen LogP contribution < -0.4 is 5.32 Å². The predicted octanol–water partition coefficient (Wildman–Crippen LogP) is 0.338. The van der Waals surface area contributed by atoms with Gasteiger partial charge in [-0.3, -0.25) is 9.89 Å². The number of hydrogen-bond acceptors (Lipinski definition) is 4. The van der Waals surface area contributed by atoms with Crippen LogP contribution in [0.3, 0.4) is 0 Å². The van der Waals surface area contributed by atoms with Crippen molar-refractivity contribution < 1.29 is 4.79 Å². The number of H-pyrrole nitrogens is 1. The number of nitrogens with zero attached hydrogens (tertiary/aromatic N) is 4. The molecule has 0 fully saturated rings. The van der Waals surface area contributed by atoms with Gasteiger partial charge in [0.2, 0.25) is 0 Å². The lowest BCUT2D eigenvalue weighted by Gasteiger charge is -2.12. The van der Waals surface area contributed by atoms with Gasteiger partial charge < -0.3 is 9.88 Å². The standard InChI is InChI=1S/C10H14N6O/c1-6-8(4-11-14-6)10(17)13-7(2)9-15-12-5-16(9)3/h4-5,7H,1-3H3,(H,11,14)(H,13,17). The van der Waals surface area contributed by atoms with Crippen LogP contribution in [0, 0.1) is 6.92 Å². The Kier molecular flexibility index (Phi) is 2.90. The topological polar surface area (TPSA) is 88.5 Å². The average Bonchev–Trinajstić information content (AvgIpc) is 2.86. The number of hydrogen-bond donors (Lipinski definition) is 2. The number of aryl methyl sites for hydroxylation is 2. The zero-order valence-electron chi connectivity index (χ0n) is 9.93.